The van der Waals surface area contributed by atoms with Crippen molar-refractivity contribution in [1.82, 2.24) is 9.55 Å². The zero-order valence-corrected chi connectivity index (χ0v) is 12.1. The molecular formula is C14H9BrClFN2. The minimum Gasteiger partial charge on any atom is -0.295 e. The third-order valence-corrected chi connectivity index (χ3v) is 3.62. The van der Waals surface area contributed by atoms with E-state index in [1.165, 1.54) is 12.1 Å². The second kappa shape index (κ2) is 4.94. The fourth-order valence-electron chi connectivity index (χ4n) is 2.07. The van der Waals surface area contributed by atoms with Gasteiger partial charge in [0.05, 0.1) is 16.9 Å². The van der Waals surface area contributed by atoms with Gasteiger partial charge >= 0.3 is 0 Å². The topological polar surface area (TPSA) is 17.8 Å². The molecule has 2 nitrogen and oxygen atoms in total. The molecular weight excluding hydrogens is 331 g/mol. The van der Waals surface area contributed by atoms with Gasteiger partial charge in [0.25, 0.3) is 0 Å². The van der Waals surface area contributed by atoms with E-state index in [1.54, 1.807) is 12.1 Å². The first-order valence-corrected chi connectivity index (χ1v) is 7.00. The quantitative estimate of drug-likeness (QED) is 0.621. The van der Waals surface area contributed by atoms with Gasteiger partial charge < -0.3 is 0 Å². The van der Waals surface area contributed by atoms with Gasteiger partial charge in [-0.15, -0.1) is 11.6 Å². The van der Waals surface area contributed by atoms with E-state index in [0.717, 1.165) is 27.0 Å². The summed E-state index contributed by atoms with van der Waals surface area (Å²) in [5.41, 5.74) is 2.65. The normalized spacial score (nSPS) is 11.1. The molecule has 1 heterocycles. The SMILES string of the molecule is Fc1ccc(-n2c(CCl)nc3ccc(Br)cc32)cc1. The lowest BCUT2D eigenvalue weighted by Gasteiger charge is -2.07. The van der Waals surface area contributed by atoms with Gasteiger partial charge in [0.15, 0.2) is 0 Å². The van der Waals surface area contributed by atoms with Gasteiger partial charge in [-0.25, -0.2) is 9.37 Å². The van der Waals surface area contributed by atoms with Crippen molar-refractivity contribution in [3.8, 4) is 5.69 Å². The highest BCUT2D eigenvalue weighted by molar-refractivity contribution is 9.10. The number of aromatic nitrogens is 2. The maximum Gasteiger partial charge on any atom is 0.129 e. The van der Waals surface area contributed by atoms with Gasteiger partial charge in [0.2, 0.25) is 0 Å². The van der Waals surface area contributed by atoms with E-state index in [0.29, 0.717) is 5.88 Å². The van der Waals surface area contributed by atoms with Gasteiger partial charge in [0, 0.05) is 10.2 Å². The first-order chi connectivity index (χ1) is 9.19. The molecule has 0 spiro atoms. The van der Waals surface area contributed by atoms with Crippen molar-refractivity contribution in [2.24, 2.45) is 0 Å². The van der Waals surface area contributed by atoms with E-state index in [-0.39, 0.29) is 5.82 Å². The van der Waals surface area contributed by atoms with Crippen LogP contribution in [-0.4, -0.2) is 9.55 Å². The van der Waals surface area contributed by atoms with Crippen LogP contribution in [0.1, 0.15) is 5.82 Å². The fourth-order valence-corrected chi connectivity index (χ4v) is 2.59. The third kappa shape index (κ3) is 2.26. The summed E-state index contributed by atoms with van der Waals surface area (Å²) in [6.45, 7) is 0. The number of fused-ring (bicyclic) bond motifs is 1. The first kappa shape index (κ1) is 12.6. The Morgan fingerprint density at radius 1 is 1.16 bits per heavy atom. The predicted octanol–water partition coefficient (Wildman–Crippen LogP) is 4.67. The smallest absolute Gasteiger partial charge is 0.129 e. The molecule has 0 bridgehead atoms. The van der Waals surface area contributed by atoms with Crippen LogP contribution >= 0.6 is 27.5 Å². The molecule has 96 valence electrons. The molecule has 0 atom stereocenters. The van der Waals surface area contributed by atoms with Crippen molar-refractivity contribution in [2.45, 2.75) is 5.88 Å². The van der Waals surface area contributed by atoms with Crippen molar-refractivity contribution in [3.63, 3.8) is 0 Å². The van der Waals surface area contributed by atoms with Crippen LogP contribution in [0.5, 0.6) is 0 Å². The second-order valence-electron chi connectivity index (χ2n) is 4.11. The van der Waals surface area contributed by atoms with Gasteiger partial charge in [-0.05, 0) is 42.5 Å². The Balaban J connectivity index is 2.31. The largest absolute Gasteiger partial charge is 0.295 e. The molecule has 19 heavy (non-hydrogen) atoms. The molecule has 0 radical (unpaired) electrons. The lowest BCUT2D eigenvalue weighted by atomic mass is 10.2. The Morgan fingerprint density at radius 2 is 1.89 bits per heavy atom. The molecule has 0 amide bonds. The van der Waals surface area contributed by atoms with Gasteiger partial charge in [-0.1, -0.05) is 15.9 Å². The molecule has 0 aliphatic rings. The monoisotopic (exact) mass is 338 g/mol. The minimum absolute atomic E-state index is 0.262. The third-order valence-electron chi connectivity index (χ3n) is 2.89. The number of rotatable bonds is 2. The second-order valence-corrected chi connectivity index (χ2v) is 5.29. The zero-order valence-electron chi connectivity index (χ0n) is 9.78. The number of hydrogen-bond donors (Lipinski definition) is 0. The van der Waals surface area contributed by atoms with E-state index < -0.39 is 0 Å². The van der Waals surface area contributed by atoms with E-state index >= 15 is 0 Å². The Hall–Kier alpha value is -1.39. The van der Waals surface area contributed by atoms with Crippen LogP contribution in [0.4, 0.5) is 4.39 Å². The van der Waals surface area contributed by atoms with Crippen LogP contribution in [0.25, 0.3) is 16.7 Å². The molecule has 0 aliphatic carbocycles. The Labute approximate surface area is 123 Å². The molecule has 0 saturated heterocycles. The Morgan fingerprint density at radius 3 is 2.58 bits per heavy atom. The molecule has 0 unspecified atom stereocenters. The molecule has 1 aromatic heterocycles. The lowest BCUT2D eigenvalue weighted by Crippen LogP contribution is -1.99. The molecule has 3 aromatic rings. The molecule has 5 heteroatoms. The van der Waals surface area contributed by atoms with Crippen LogP contribution in [0.3, 0.4) is 0 Å². The van der Waals surface area contributed by atoms with Crippen LogP contribution in [0.2, 0.25) is 0 Å². The van der Waals surface area contributed by atoms with Gasteiger partial charge in [-0.3, -0.25) is 4.57 Å². The molecule has 0 saturated carbocycles. The van der Waals surface area contributed by atoms with Gasteiger partial charge in [-0.2, -0.15) is 0 Å². The standard InChI is InChI=1S/C14H9BrClFN2/c15-9-1-6-12-13(7-9)19(14(8-16)18-12)11-4-2-10(17)3-5-11/h1-7H,8H2. The Kier molecular flexibility index (Phi) is 3.29. The van der Waals surface area contributed by atoms with Crippen LogP contribution in [-0.2, 0) is 5.88 Å². The number of benzene rings is 2. The highest BCUT2D eigenvalue weighted by Crippen LogP contribution is 2.25. The number of imidazole rings is 1. The molecule has 0 fully saturated rings. The van der Waals surface area contributed by atoms with Crippen LogP contribution < -0.4 is 0 Å². The van der Waals surface area contributed by atoms with Crippen LogP contribution in [0.15, 0.2) is 46.9 Å². The average molecular weight is 340 g/mol. The van der Waals surface area contributed by atoms with E-state index in [2.05, 4.69) is 20.9 Å². The predicted molar refractivity (Wildman–Crippen MR) is 78.3 cm³/mol. The zero-order chi connectivity index (χ0) is 13.4. The first-order valence-electron chi connectivity index (χ1n) is 5.68. The lowest BCUT2D eigenvalue weighted by molar-refractivity contribution is 0.627. The molecule has 3 rings (SSSR count). The summed E-state index contributed by atoms with van der Waals surface area (Å²) in [5, 5.41) is 0. The minimum atomic E-state index is -0.262. The fraction of sp³-hybridized carbons (Fsp3) is 0.0714. The highest BCUT2D eigenvalue weighted by Gasteiger charge is 2.12. The van der Waals surface area contributed by atoms with E-state index in [4.69, 9.17) is 11.6 Å². The number of hydrogen-bond acceptors (Lipinski definition) is 1. The van der Waals surface area contributed by atoms with Crippen molar-refractivity contribution >= 4 is 38.6 Å². The number of nitrogens with zero attached hydrogens (tertiary/aromatic N) is 2. The summed E-state index contributed by atoms with van der Waals surface area (Å²) < 4.78 is 15.9. The van der Waals surface area contributed by atoms with Crippen molar-refractivity contribution < 1.29 is 4.39 Å². The van der Waals surface area contributed by atoms with Crippen LogP contribution in [0, 0.1) is 5.82 Å². The summed E-state index contributed by atoms with van der Waals surface area (Å²) in [5.74, 6) is 0.770. The summed E-state index contributed by atoms with van der Waals surface area (Å²) >= 11 is 9.40. The number of halogens is 3. The summed E-state index contributed by atoms with van der Waals surface area (Å²) in [4.78, 5) is 4.49. The maximum atomic E-state index is 13.0. The van der Waals surface area contributed by atoms with E-state index in [1.807, 2.05) is 22.8 Å². The summed E-state index contributed by atoms with van der Waals surface area (Å²) in [6, 6.07) is 12.1. The molecule has 2 aromatic carbocycles. The van der Waals surface area contributed by atoms with Crippen molar-refractivity contribution in [3.05, 3.63) is 58.6 Å². The summed E-state index contributed by atoms with van der Waals surface area (Å²) in [6.07, 6.45) is 0. The Bertz CT molecular complexity index is 737. The van der Waals surface area contributed by atoms with Crippen molar-refractivity contribution in [1.29, 1.82) is 0 Å². The van der Waals surface area contributed by atoms with E-state index in [9.17, 15) is 4.39 Å². The summed E-state index contributed by atoms with van der Waals surface area (Å²) in [7, 11) is 0. The average Bonchev–Trinajstić information content (AvgIpc) is 2.77. The van der Waals surface area contributed by atoms with Crippen molar-refractivity contribution in [2.75, 3.05) is 0 Å². The molecule has 0 aliphatic heterocycles. The highest BCUT2D eigenvalue weighted by atomic mass is 79.9. The number of alkyl halides is 1. The molecule has 0 N–H and O–H groups in total. The van der Waals surface area contributed by atoms with Gasteiger partial charge in [0.1, 0.15) is 11.6 Å². The maximum absolute atomic E-state index is 13.0.